The summed E-state index contributed by atoms with van der Waals surface area (Å²) in [5.41, 5.74) is 3.06. The Hall–Kier alpha value is -1.98. The van der Waals surface area contributed by atoms with Gasteiger partial charge in [-0.05, 0) is 30.2 Å². The second-order valence-corrected chi connectivity index (χ2v) is 9.81. The molecule has 8 heteroatoms. The van der Waals surface area contributed by atoms with Gasteiger partial charge in [-0.2, -0.15) is 5.26 Å². The molecular formula is C21H18ClN3OS3. The highest BCUT2D eigenvalue weighted by atomic mass is 35.5. The smallest absolute Gasteiger partial charge is 0.236 e. The van der Waals surface area contributed by atoms with Crippen LogP contribution in [0.15, 0.2) is 58.8 Å². The van der Waals surface area contributed by atoms with Crippen molar-refractivity contribution in [1.82, 2.24) is 4.98 Å². The monoisotopic (exact) mass is 459 g/mol. The summed E-state index contributed by atoms with van der Waals surface area (Å²) in [7, 11) is 0. The number of amides is 1. The number of nitriles is 1. The third kappa shape index (κ3) is 6.25. The number of carbonyl (C=O) groups is 1. The third-order valence-corrected chi connectivity index (χ3v) is 7.78. The van der Waals surface area contributed by atoms with Gasteiger partial charge in [-0.25, -0.2) is 4.98 Å². The van der Waals surface area contributed by atoms with E-state index in [1.165, 1.54) is 23.1 Å². The van der Waals surface area contributed by atoms with Crippen LogP contribution in [0.2, 0.25) is 5.02 Å². The first kappa shape index (κ1) is 21.7. The number of anilines is 1. The van der Waals surface area contributed by atoms with Crippen LogP contribution in [-0.4, -0.2) is 22.4 Å². The van der Waals surface area contributed by atoms with E-state index in [9.17, 15) is 4.79 Å². The fraction of sp³-hybridized carbons (Fsp3) is 0.190. The first-order chi connectivity index (χ1) is 14.1. The Bertz CT molecular complexity index is 1000. The Morgan fingerprint density at radius 1 is 1.21 bits per heavy atom. The summed E-state index contributed by atoms with van der Waals surface area (Å²) in [6.07, 6.45) is 0. The largest absolute Gasteiger partial charge is 0.301 e. The lowest BCUT2D eigenvalue weighted by Crippen LogP contribution is -2.15. The van der Waals surface area contributed by atoms with E-state index in [0.717, 1.165) is 21.0 Å². The van der Waals surface area contributed by atoms with E-state index in [0.29, 0.717) is 21.7 Å². The van der Waals surface area contributed by atoms with Crippen molar-refractivity contribution < 1.29 is 4.79 Å². The molecule has 1 heterocycles. The molecule has 0 spiro atoms. The van der Waals surface area contributed by atoms with E-state index < -0.39 is 0 Å². The fourth-order valence-corrected chi connectivity index (χ4v) is 5.66. The summed E-state index contributed by atoms with van der Waals surface area (Å²) in [6.45, 7) is 1.88. The molecular weight excluding hydrogens is 442 g/mol. The number of hydrogen-bond acceptors (Lipinski definition) is 6. The number of nitrogens with zero attached hydrogens (tertiary/aromatic N) is 2. The molecule has 0 aliphatic rings. The molecule has 1 unspecified atom stereocenters. The van der Waals surface area contributed by atoms with Crippen LogP contribution in [0.5, 0.6) is 0 Å². The number of halogens is 1. The Balaban J connectivity index is 1.67. The molecule has 3 rings (SSSR count). The van der Waals surface area contributed by atoms with Crippen LogP contribution in [0.25, 0.3) is 0 Å². The summed E-state index contributed by atoms with van der Waals surface area (Å²) in [6, 6.07) is 19.9. The van der Waals surface area contributed by atoms with Crippen molar-refractivity contribution in [3.8, 4) is 6.07 Å². The van der Waals surface area contributed by atoms with E-state index >= 15 is 0 Å². The van der Waals surface area contributed by atoms with E-state index in [4.69, 9.17) is 16.9 Å². The van der Waals surface area contributed by atoms with Crippen molar-refractivity contribution in [1.29, 1.82) is 5.26 Å². The Morgan fingerprint density at radius 2 is 1.90 bits per heavy atom. The molecule has 0 aliphatic carbocycles. The van der Waals surface area contributed by atoms with Crippen molar-refractivity contribution in [3.63, 3.8) is 0 Å². The number of hydrogen-bond donors (Lipinski definition) is 1. The Morgan fingerprint density at radius 3 is 2.59 bits per heavy atom. The number of benzene rings is 2. The second kappa shape index (κ2) is 10.7. The van der Waals surface area contributed by atoms with Crippen molar-refractivity contribution in [2.24, 2.45) is 0 Å². The minimum atomic E-state index is -0.101. The van der Waals surface area contributed by atoms with Gasteiger partial charge >= 0.3 is 0 Å². The zero-order valence-corrected chi connectivity index (χ0v) is 18.8. The molecule has 0 fully saturated rings. The maximum absolute atomic E-state index is 12.5. The van der Waals surface area contributed by atoms with Crippen LogP contribution in [-0.2, 0) is 4.79 Å². The molecule has 2 aromatic carbocycles. The number of thioether (sulfide) groups is 2. The van der Waals surface area contributed by atoms with Gasteiger partial charge in [0.15, 0.2) is 5.13 Å². The van der Waals surface area contributed by atoms with Gasteiger partial charge in [-0.15, -0.1) is 11.8 Å². The van der Waals surface area contributed by atoms with Crippen LogP contribution in [0.4, 0.5) is 5.13 Å². The molecule has 29 heavy (non-hydrogen) atoms. The number of aryl methyl sites for hydroxylation is 1. The molecule has 4 nitrogen and oxygen atoms in total. The molecule has 3 aromatic rings. The lowest BCUT2D eigenvalue weighted by Gasteiger charge is -2.17. The van der Waals surface area contributed by atoms with E-state index in [2.05, 4.69) is 28.5 Å². The molecule has 1 amide bonds. The third-order valence-electron chi connectivity index (χ3n) is 3.92. The van der Waals surface area contributed by atoms with Gasteiger partial charge in [0.1, 0.15) is 0 Å². The summed E-state index contributed by atoms with van der Waals surface area (Å²) in [5.74, 6) is 0.559. The number of aromatic nitrogens is 1. The molecule has 1 aromatic heterocycles. The standard InChI is InChI=1S/C21H18ClN3OS3/c1-14-20(27-12-11-23)29-21(24-14)25-18(26)13-28-19(15-5-3-2-4-6-15)16-7-9-17(22)10-8-16/h2-10,19H,12-13H2,1H3,(H,24,25,26). The van der Waals surface area contributed by atoms with Gasteiger partial charge in [-0.3, -0.25) is 4.79 Å². The number of rotatable bonds is 8. The molecule has 0 saturated carbocycles. The fourth-order valence-electron chi connectivity index (χ4n) is 2.63. The second-order valence-electron chi connectivity index (χ2n) is 6.04. The van der Waals surface area contributed by atoms with E-state index in [-0.39, 0.29) is 11.2 Å². The van der Waals surface area contributed by atoms with Crippen LogP contribution in [0.1, 0.15) is 22.1 Å². The van der Waals surface area contributed by atoms with Gasteiger partial charge in [0.2, 0.25) is 5.91 Å². The number of nitrogens with one attached hydrogen (secondary N) is 1. The highest BCUT2D eigenvalue weighted by Gasteiger charge is 2.17. The molecule has 148 valence electrons. The summed E-state index contributed by atoms with van der Waals surface area (Å²) >= 11 is 10.4. The minimum absolute atomic E-state index is 0.0268. The summed E-state index contributed by atoms with van der Waals surface area (Å²) in [4.78, 5) is 16.9. The SMILES string of the molecule is Cc1nc(NC(=O)CSC(c2ccccc2)c2ccc(Cl)cc2)sc1SCC#N. The van der Waals surface area contributed by atoms with Gasteiger partial charge in [0.25, 0.3) is 0 Å². The van der Waals surface area contributed by atoms with Gasteiger partial charge in [-0.1, -0.05) is 77.2 Å². The predicted molar refractivity (Wildman–Crippen MR) is 124 cm³/mol. The molecule has 1 N–H and O–H groups in total. The van der Waals surface area contributed by atoms with Crippen LogP contribution in [0, 0.1) is 18.3 Å². The van der Waals surface area contributed by atoms with Crippen molar-refractivity contribution in [3.05, 3.63) is 76.4 Å². The highest BCUT2D eigenvalue weighted by Crippen LogP contribution is 2.36. The van der Waals surface area contributed by atoms with E-state index in [1.807, 2.05) is 49.4 Å². The zero-order chi connectivity index (χ0) is 20.6. The van der Waals surface area contributed by atoms with Crippen LogP contribution < -0.4 is 5.32 Å². The van der Waals surface area contributed by atoms with Gasteiger partial charge < -0.3 is 5.32 Å². The lowest BCUT2D eigenvalue weighted by molar-refractivity contribution is -0.113. The molecule has 0 bridgehead atoms. The van der Waals surface area contributed by atoms with Crippen LogP contribution >= 0.6 is 46.5 Å². The molecule has 0 aliphatic heterocycles. The van der Waals surface area contributed by atoms with Crippen molar-refractivity contribution in [2.45, 2.75) is 16.4 Å². The normalized spacial score (nSPS) is 11.6. The number of carbonyl (C=O) groups excluding carboxylic acids is 1. The van der Waals surface area contributed by atoms with Crippen molar-refractivity contribution >= 4 is 57.5 Å². The lowest BCUT2D eigenvalue weighted by atomic mass is 10.0. The summed E-state index contributed by atoms with van der Waals surface area (Å²) in [5, 5.41) is 12.9. The average molecular weight is 460 g/mol. The number of thiazole rings is 1. The Labute approximate surface area is 187 Å². The zero-order valence-electron chi connectivity index (χ0n) is 15.6. The molecule has 1 atom stereocenters. The van der Waals surface area contributed by atoms with Crippen molar-refractivity contribution in [2.75, 3.05) is 16.8 Å². The van der Waals surface area contributed by atoms with Crippen LogP contribution in [0.3, 0.4) is 0 Å². The first-order valence-corrected chi connectivity index (χ1v) is 12.0. The summed E-state index contributed by atoms with van der Waals surface area (Å²) < 4.78 is 0.956. The maximum atomic E-state index is 12.5. The minimum Gasteiger partial charge on any atom is -0.301 e. The topological polar surface area (TPSA) is 65.8 Å². The average Bonchev–Trinajstić information content (AvgIpc) is 3.07. The maximum Gasteiger partial charge on any atom is 0.236 e. The Kier molecular flexibility index (Phi) is 8.01. The van der Waals surface area contributed by atoms with Gasteiger partial charge in [0.05, 0.1) is 32.7 Å². The van der Waals surface area contributed by atoms with Gasteiger partial charge in [0, 0.05) is 5.02 Å². The predicted octanol–water partition coefficient (Wildman–Crippen LogP) is 6.18. The molecule has 0 saturated heterocycles. The molecule has 0 radical (unpaired) electrons. The van der Waals surface area contributed by atoms with E-state index in [1.54, 1.807) is 11.8 Å². The highest BCUT2D eigenvalue weighted by molar-refractivity contribution is 8.01. The first-order valence-electron chi connectivity index (χ1n) is 8.76. The quantitative estimate of drug-likeness (QED) is 0.407.